The number of urea groups is 1. The summed E-state index contributed by atoms with van der Waals surface area (Å²) in [6.45, 7) is 2.02. The number of rotatable bonds is 5. The fourth-order valence-corrected chi connectivity index (χ4v) is 3.82. The van der Waals surface area contributed by atoms with Crippen molar-refractivity contribution in [2.75, 3.05) is 16.4 Å². The summed E-state index contributed by atoms with van der Waals surface area (Å²) in [6, 6.07) is 12.4. The Morgan fingerprint density at radius 1 is 1.12 bits per heavy atom. The molecule has 1 aliphatic rings. The fraction of sp³-hybridized carbons (Fsp3) is 0.217. The summed E-state index contributed by atoms with van der Waals surface area (Å²) in [5.41, 5.74) is 3.25. The number of alkyl halides is 1. The largest absolute Gasteiger partial charge is 0.478 e. The van der Waals surface area contributed by atoms with Crippen LogP contribution in [0, 0.1) is 0 Å². The van der Waals surface area contributed by atoms with Gasteiger partial charge in [0.25, 0.3) is 0 Å². The molecule has 0 N–H and O–H groups in total. The number of aryl methyl sites for hydroxylation is 1. The van der Waals surface area contributed by atoms with Gasteiger partial charge in [-0.15, -0.1) is 0 Å². The summed E-state index contributed by atoms with van der Waals surface area (Å²) in [5, 5.41) is 5.34. The molecule has 0 atom stereocenters. The highest BCUT2D eigenvalue weighted by Gasteiger charge is 2.34. The molecule has 9 heteroatoms. The van der Waals surface area contributed by atoms with E-state index in [0.717, 1.165) is 22.2 Å². The molecular formula is C23H21FN6O2. The Balaban J connectivity index is 1.62. The van der Waals surface area contributed by atoms with Crippen molar-refractivity contribution in [3.05, 3.63) is 66.1 Å². The average molecular weight is 432 g/mol. The van der Waals surface area contributed by atoms with E-state index in [4.69, 9.17) is 4.74 Å². The van der Waals surface area contributed by atoms with Gasteiger partial charge < -0.3 is 4.74 Å². The van der Waals surface area contributed by atoms with Crippen molar-refractivity contribution in [3.8, 4) is 5.88 Å². The van der Waals surface area contributed by atoms with Gasteiger partial charge in [-0.2, -0.15) is 10.1 Å². The molecule has 0 saturated heterocycles. The molecule has 3 aromatic heterocycles. The first-order valence-electron chi connectivity index (χ1n) is 10.3. The lowest BCUT2D eigenvalue weighted by molar-refractivity contribution is 0.252. The van der Waals surface area contributed by atoms with E-state index < -0.39 is 6.67 Å². The minimum Gasteiger partial charge on any atom is -0.478 e. The second kappa shape index (κ2) is 7.92. The Bertz CT molecular complexity index is 1300. The Morgan fingerprint density at radius 3 is 2.72 bits per heavy atom. The van der Waals surface area contributed by atoms with Crippen LogP contribution < -0.4 is 14.5 Å². The predicted molar refractivity (Wildman–Crippen MR) is 119 cm³/mol. The van der Waals surface area contributed by atoms with Gasteiger partial charge in [-0.25, -0.2) is 14.1 Å². The standard InChI is InChI=1S/C23H21FN6O2/c1-3-32-21-9-4-15-14-29(18-7-8-20-16(10-18)13-28(2)27-20)23(31)30(22(15)26-21)19-6-5-17(11-24)25-12-19/h4-10,12-13H,3,11,14H2,1-2H3. The number of carbonyl (C=O) groups excluding carboxylic acids is 1. The molecule has 0 fully saturated rings. The maximum atomic E-state index is 13.7. The molecule has 0 spiro atoms. The van der Waals surface area contributed by atoms with Gasteiger partial charge in [0.2, 0.25) is 5.88 Å². The van der Waals surface area contributed by atoms with E-state index >= 15 is 0 Å². The lowest BCUT2D eigenvalue weighted by Crippen LogP contribution is -2.45. The van der Waals surface area contributed by atoms with Crippen LogP contribution in [0.3, 0.4) is 0 Å². The maximum Gasteiger partial charge on any atom is 0.335 e. The van der Waals surface area contributed by atoms with Crippen molar-refractivity contribution < 1.29 is 13.9 Å². The van der Waals surface area contributed by atoms with Crippen LogP contribution in [0.1, 0.15) is 18.2 Å². The molecule has 0 bridgehead atoms. The van der Waals surface area contributed by atoms with E-state index in [1.807, 2.05) is 44.4 Å². The van der Waals surface area contributed by atoms with Crippen molar-refractivity contribution in [1.82, 2.24) is 19.7 Å². The molecule has 1 aromatic carbocycles. The molecule has 0 aliphatic carbocycles. The smallest absolute Gasteiger partial charge is 0.335 e. The highest BCUT2D eigenvalue weighted by atomic mass is 19.1. The quantitative estimate of drug-likeness (QED) is 0.464. The second-order valence-electron chi connectivity index (χ2n) is 7.46. The molecule has 0 unspecified atom stereocenters. The number of ether oxygens (including phenoxy) is 1. The molecule has 162 valence electrons. The van der Waals surface area contributed by atoms with Crippen LogP contribution in [-0.2, 0) is 20.3 Å². The first-order chi connectivity index (χ1) is 15.6. The van der Waals surface area contributed by atoms with Crippen molar-refractivity contribution >= 4 is 34.1 Å². The summed E-state index contributed by atoms with van der Waals surface area (Å²) in [7, 11) is 1.86. The molecule has 8 nitrogen and oxygen atoms in total. The fourth-order valence-electron chi connectivity index (χ4n) is 3.82. The monoisotopic (exact) mass is 432 g/mol. The number of hydrogen-bond acceptors (Lipinski definition) is 5. The zero-order chi connectivity index (χ0) is 22.2. The number of benzene rings is 1. The van der Waals surface area contributed by atoms with Gasteiger partial charge in [0.05, 0.1) is 36.2 Å². The highest BCUT2D eigenvalue weighted by molar-refractivity contribution is 6.10. The van der Waals surface area contributed by atoms with Gasteiger partial charge >= 0.3 is 6.03 Å². The number of nitrogens with zero attached hydrogens (tertiary/aromatic N) is 6. The van der Waals surface area contributed by atoms with Crippen LogP contribution in [0.15, 0.2) is 54.9 Å². The summed E-state index contributed by atoms with van der Waals surface area (Å²) < 4.78 is 20.3. The summed E-state index contributed by atoms with van der Waals surface area (Å²) in [5.74, 6) is 0.914. The first-order valence-corrected chi connectivity index (χ1v) is 10.3. The van der Waals surface area contributed by atoms with Gasteiger partial charge in [0, 0.05) is 35.9 Å². The minimum absolute atomic E-state index is 0.281. The number of fused-ring (bicyclic) bond motifs is 2. The molecule has 4 heterocycles. The normalized spacial score (nSPS) is 13.5. The van der Waals surface area contributed by atoms with Gasteiger partial charge in [-0.3, -0.25) is 14.6 Å². The van der Waals surface area contributed by atoms with Crippen LogP contribution in [0.2, 0.25) is 0 Å². The third kappa shape index (κ3) is 3.41. The first kappa shape index (κ1) is 19.9. The predicted octanol–water partition coefficient (Wildman–Crippen LogP) is 4.51. The summed E-state index contributed by atoms with van der Waals surface area (Å²) in [6.07, 6.45) is 3.40. The molecule has 1 aliphatic heterocycles. The Kier molecular flexibility index (Phi) is 4.93. The molecule has 4 aromatic rings. The van der Waals surface area contributed by atoms with Crippen LogP contribution in [0.25, 0.3) is 10.9 Å². The van der Waals surface area contributed by atoms with Crippen molar-refractivity contribution in [2.24, 2.45) is 7.05 Å². The Morgan fingerprint density at radius 2 is 1.97 bits per heavy atom. The van der Waals surface area contributed by atoms with E-state index in [0.29, 0.717) is 36.2 Å². The van der Waals surface area contributed by atoms with Gasteiger partial charge in [-0.1, -0.05) is 0 Å². The summed E-state index contributed by atoms with van der Waals surface area (Å²) >= 11 is 0. The zero-order valence-electron chi connectivity index (χ0n) is 17.7. The second-order valence-corrected chi connectivity index (χ2v) is 7.46. The van der Waals surface area contributed by atoms with Crippen LogP contribution in [-0.4, -0.2) is 32.4 Å². The minimum atomic E-state index is -0.672. The van der Waals surface area contributed by atoms with E-state index in [1.54, 1.807) is 27.8 Å². The summed E-state index contributed by atoms with van der Waals surface area (Å²) in [4.78, 5) is 25.6. The van der Waals surface area contributed by atoms with E-state index in [2.05, 4.69) is 15.1 Å². The number of pyridine rings is 2. The molecular weight excluding hydrogens is 411 g/mol. The van der Waals surface area contributed by atoms with Crippen molar-refractivity contribution in [1.29, 1.82) is 0 Å². The van der Waals surface area contributed by atoms with Crippen molar-refractivity contribution in [3.63, 3.8) is 0 Å². The number of halogens is 1. The zero-order valence-corrected chi connectivity index (χ0v) is 17.7. The number of carbonyl (C=O) groups is 1. The van der Waals surface area contributed by atoms with Crippen LogP contribution in [0.5, 0.6) is 5.88 Å². The SMILES string of the molecule is CCOc1ccc2c(n1)N(c1ccc(CF)nc1)C(=O)N(c1ccc3nn(C)cc3c1)C2. The molecule has 0 saturated carbocycles. The van der Waals surface area contributed by atoms with E-state index in [1.165, 1.54) is 11.1 Å². The van der Waals surface area contributed by atoms with E-state index in [-0.39, 0.29) is 6.03 Å². The van der Waals surface area contributed by atoms with Gasteiger partial charge in [0.1, 0.15) is 12.5 Å². The number of amides is 2. The van der Waals surface area contributed by atoms with Gasteiger partial charge in [-0.05, 0) is 43.3 Å². The third-order valence-electron chi connectivity index (χ3n) is 5.30. The molecule has 5 rings (SSSR count). The van der Waals surface area contributed by atoms with Crippen LogP contribution >= 0.6 is 0 Å². The molecule has 32 heavy (non-hydrogen) atoms. The number of aromatic nitrogens is 4. The van der Waals surface area contributed by atoms with Crippen molar-refractivity contribution in [2.45, 2.75) is 20.1 Å². The third-order valence-corrected chi connectivity index (χ3v) is 5.30. The lowest BCUT2D eigenvalue weighted by atomic mass is 10.1. The Labute approximate surface area is 183 Å². The molecule has 0 radical (unpaired) electrons. The van der Waals surface area contributed by atoms with E-state index in [9.17, 15) is 9.18 Å². The lowest BCUT2D eigenvalue weighted by Gasteiger charge is -2.36. The van der Waals surface area contributed by atoms with Crippen LogP contribution in [0.4, 0.5) is 26.4 Å². The highest BCUT2D eigenvalue weighted by Crippen LogP contribution is 2.37. The topological polar surface area (TPSA) is 76.4 Å². The maximum absolute atomic E-state index is 13.7. The number of hydrogen-bond donors (Lipinski definition) is 0. The average Bonchev–Trinajstić information content (AvgIpc) is 3.18. The number of anilines is 3. The van der Waals surface area contributed by atoms with Gasteiger partial charge in [0.15, 0.2) is 0 Å². The molecule has 2 amide bonds. The Hall–Kier alpha value is -4.01.